The van der Waals surface area contributed by atoms with Crippen LogP contribution in [0.25, 0.3) is 5.57 Å². The fourth-order valence-electron chi connectivity index (χ4n) is 0.851. The third-order valence-electron chi connectivity index (χ3n) is 1.37. The Hall–Kier alpha value is -1.58. The topological polar surface area (TPSA) is 52.5 Å². The first-order chi connectivity index (χ1) is 5.36. The van der Waals surface area contributed by atoms with Crippen LogP contribution in [0, 0.1) is 6.92 Å². The van der Waals surface area contributed by atoms with Crippen molar-refractivity contribution < 1.29 is 4.52 Å². The molecule has 1 radical (unpaired) electrons. The first-order valence-corrected chi connectivity index (χ1v) is 3.23. The summed E-state index contributed by atoms with van der Waals surface area (Å²) >= 11 is 0. The lowest BCUT2D eigenvalue weighted by Gasteiger charge is -1.83. The summed E-state index contributed by atoms with van der Waals surface area (Å²) in [6, 6.07) is 1.85. The second kappa shape index (κ2) is 2.23. The highest BCUT2D eigenvalue weighted by molar-refractivity contribution is 6.09. The van der Waals surface area contributed by atoms with Crippen molar-refractivity contribution in [2.45, 2.75) is 6.92 Å². The molecule has 2 heterocycles. The molecule has 0 aliphatic carbocycles. The van der Waals surface area contributed by atoms with Gasteiger partial charge in [0.05, 0.1) is 23.7 Å². The van der Waals surface area contributed by atoms with Crippen molar-refractivity contribution in [3.05, 3.63) is 23.7 Å². The van der Waals surface area contributed by atoms with Gasteiger partial charge in [0.25, 0.3) is 0 Å². The molecule has 0 saturated carbocycles. The molecule has 0 fully saturated rings. The Morgan fingerprint density at radius 1 is 1.45 bits per heavy atom. The standard InChI is InChI=1S/C7H6N3O/c1-5-2-7(11-10-5)6-3-8-9-4-6/h2-4H,1H3. The summed E-state index contributed by atoms with van der Waals surface area (Å²) < 4.78 is 4.98. The zero-order valence-corrected chi connectivity index (χ0v) is 5.98. The molecule has 4 nitrogen and oxygen atoms in total. The van der Waals surface area contributed by atoms with E-state index in [1.54, 1.807) is 12.4 Å². The van der Waals surface area contributed by atoms with Crippen molar-refractivity contribution in [2.24, 2.45) is 5.10 Å². The fourth-order valence-corrected chi connectivity index (χ4v) is 0.851. The third kappa shape index (κ3) is 1.02. The van der Waals surface area contributed by atoms with E-state index in [9.17, 15) is 0 Å². The van der Waals surface area contributed by atoms with Gasteiger partial charge in [0.1, 0.15) is 0 Å². The molecule has 0 atom stereocenters. The molecule has 1 aliphatic heterocycles. The zero-order chi connectivity index (χ0) is 7.68. The monoisotopic (exact) mass is 148 g/mol. The number of allylic oxidation sites excluding steroid dienone is 1. The number of hydrogen-bond donors (Lipinski definition) is 0. The SMILES string of the molecule is Cc1cc(C2=C[N]N=C2)on1. The zero-order valence-electron chi connectivity index (χ0n) is 5.98. The molecule has 1 aliphatic rings. The highest BCUT2D eigenvalue weighted by Crippen LogP contribution is 2.14. The van der Waals surface area contributed by atoms with E-state index in [0.29, 0.717) is 5.76 Å². The van der Waals surface area contributed by atoms with Gasteiger partial charge in [-0.1, -0.05) is 5.16 Å². The van der Waals surface area contributed by atoms with Gasteiger partial charge in [-0.05, 0) is 6.92 Å². The van der Waals surface area contributed by atoms with E-state index in [2.05, 4.69) is 15.7 Å². The van der Waals surface area contributed by atoms with Crippen LogP contribution >= 0.6 is 0 Å². The van der Waals surface area contributed by atoms with Crippen molar-refractivity contribution in [2.75, 3.05) is 0 Å². The molecule has 0 unspecified atom stereocenters. The molecule has 55 valence electrons. The predicted octanol–water partition coefficient (Wildman–Crippen LogP) is 0.928. The van der Waals surface area contributed by atoms with Crippen LogP contribution in [0.4, 0.5) is 0 Å². The number of rotatable bonds is 1. The highest BCUT2D eigenvalue weighted by atomic mass is 16.5. The van der Waals surface area contributed by atoms with Gasteiger partial charge in [0.15, 0.2) is 5.76 Å². The van der Waals surface area contributed by atoms with Gasteiger partial charge >= 0.3 is 0 Å². The van der Waals surface area contributed by atoms with Gasteiger partial charge in [-0.15, -0.1) is 0 Å². The maximum absolute atomic E-state index is 4.98. The van der Waals surface area contributed by atoms with E-state index in [4.69, 9.17) is 4.52 Å². The van der Waals surface area contributed by atoms with Crippen molar-refractivity contribution in [1.82, 2.24) is 10.6 Å². The van der Waals surface area contributed by atoms with E-state index >= 15 is 0 Å². The molecule has 0 N–H and O–H groups in total. The molecule has 0 spiro atoms. The lowest BCUT2D eigenvalue weighted by molar-refractivity contribution is 0.407. The Morgan fingerprint density at radius 3 is 2.91 bits per heavy atom. The van der Waals surface area contributed by atoms with Gasteiger partial charge < -0.3 is 4.52 Å². The Bertz CT molecular complexity index is 324. The van der Waals surface area contributed by atoms with Gasteiger partial charge in [-0.25, -0.2) is 0 Å². The molecular formula is C7H6N3O. The molecule has 4 heteroatoms. The van der Waals surface area contributed by atoms with Crippen LogP contribution in [0.15, 0.2) is 21.9 Å². The Kier molecular flexibility index (Phi) is 1.25. The highest BCUT2D eigenvalue weighted by Gasteiger charge is 2.08. The number of aryl methyl sites for hydroxylation is 1. The summed E-state index contributed by atoms with van der Waals surface area (Å²) in [5.41, 5.74) is 5.40. The lowest BCUT2D eigenvalue weighted by Crippen LogP contribution is -1.77. The van der Waals surface area contributed by atoms with E-state index < -0.39 is 0 Å². The maximum Gasteiger partial charge on any atom is 0.170 e. The summed E-state index contributed by atoms with van der Waals surface area (Å²) in [6.45, 7) is 1.87. The van der Waals surface area contributed by atoms with E-state index in [1.807, 2.05) is 13.0 Å². The minimum atomic E-state index is 0.715. The minimum Gasteiger partial charge on any atom is -0.356 e. The number of nitrogens with zero attached hydrogens (tertiary/aromatic N) is 3. The first-order valence-electron chi connectivity index (χ1n) is 3.23. The summed E-state index contributed by atoms with van der Waals surface area (Å²) in [5.74, 6) is 0.715. The third-order valence-corrected chi connectivity index (χ3v) is 1.37. The maximum atomic E-state index is 4.98. The summed E-state index contributed by atoms with van der Waals surface area (Å²) in [7, 11) is 0. The van der Waals surface area contributed by atoms with Crippen molar-refractivity contribution in [3.63, 3.8) is 0 Å². The molecule has 0 amide bonds. The van der Waals surface area contributed by atoms with Gasteiger partial charge in [-0.3, -0.25) is 0 Å². The Labute approximate surface area is 63.6 Å². The second-order valence-corrected chi connectivity index (χ2v) is 2.28. The van der Waals surface area contributed by atoms with Crippen molar-refractivity contribution in [1.29, 1.82) is 0 Å². The normalized spacial score (nSPS) is 14.8. The van der Waals surface area contributed by atoms with Crippen LogP contribution in [0.5, 0.6) is 0 Å². The van der Waals surface area contributed by atoms with E-state index in [1.165, 1.54) is 0 Å². The summed E-state index contributed by atoms with van der Waals surface area (Å²) in [5, 5.41) is 7.41. The van der Waals surface area contributed by atoms with Crippen LogP contribution in [0.1, 0.15) is 11.5 Å². The lowest BCUT2D eigenvalue weighted by atomic mass is 10.2. The van der Waals surface area contributed by atoms with Crippen LogP contribution in [-0.4, -0.2) is 11.4 Å². The Morgan fingerprint density at radius 2 is 2.36 bits per heavy atom. The molecule has 1 aromatic heterocycles. The summed E-state index contributed by atoms with van der Waals surface area (Å²) in [6.07, 6.45) is 3.28. The van der Waals surface area contributed by atoms with Crippen LogP contribution in [0.2, 0.25) is 0 Å². The average molecular weight is 148 g/mol. The Balaban J connectivity index is 2.36. The molecular weight excluding hydrogens is 142 g/mol. The van der Waals surface area contributed by atoms with Gasteiger partial charge in [0, 0.05) is 6.07 Å². The summed E-state index contributed by atoms with van der Waals surface area (Å²) in [4.78, 5) is 0. The molecule has 2 rings (SSSR count). The largest absolute Gasteiger partial charge is 0.356 e. The van der Waals surface area contributed by atoms with E-state index in [-0.39, 0.29) is 0 Å². The van der Waals surface area contributed by atoms with Crippen LogP contribution < -0.4 is 5.43 Å². The molecule has 0 bridgehead atoms. The predicted molar refractivity (Wildman–Crippen MR) is 39.8 cm³/mol. The number of aromatic nitrogens is 1. The molecule has 0 saturated heterocycles. The molecule has 11 heavy (non-hydrogen) atoms. The van der Waals surface area contributed by atoms with Gasteiger partial charge in [0.2, 0.25) is 0 Å². The average Bonchev–Trinajstić information content (AvgIpc) is 2.55. The second-order valence-electron chi connectivity index (χ2n) is 2.28. The first kappa shape index (κ1) is 6.15. The smallest absolute Gasteiger partial charge is 0.170 e. The van der Waals surface area contributed by atoms with E-state index in [0.717, 1.165) is 11.3 Å². The van der Waals surface area contributed by atoms with Crippen molar-refractivity contribution in [3.8, 4) is 0 Å². The molecule has 0 aromatic carbocycles. The fraction of sp³-hybridized carbons (Fsp3) is 0.143. The number of hydrogen-bond acceptors (Lipinski definition) is 3. The minimum absolute atomic E-state index is 0.715. The van der Waals surface area contributed by atoms with Gasteiger partial charge in [-0.2, -0.15) is 10.5 Å². The van der Waals surface area contributed by atoms with Crippen LogP contribution in [-0.2, 0) is 0 Å². The van der Waals surface area contributed by atoms with Crippen molar-refractivity contribution >= 4 is 11.8 Å². The quantitative estimate of drug-likeness (QED) is 0.594. The molecule has 1 aromatic rings. The van der Waals surface area contributed by atoms with Crippen LogP contribution in [0.3, 0.4) is 0 Å².